The van der Waals surface area contributed by atoms with Crippen molar-refractivity contribution >= 4 is 43.6 Å². The van der Waals surface area contributed by atoms with Crippen LogP contribution in [0.1, 0.15) is 23.7 Å². The first-order chi connectivity index (χ1) is 8.85. The van der Waals surface area contributed by atoms with Crippen LogP contribution in [-0.2, 0) is 0 Å². The maximum absolute atomic E-state index is 12.3. The van der Waals surface area contributed by atoms with Crippen LogP contribution < -0.4 is 5.73 Å². The SMILES string of the molecule is CC(C/C(N)=N/O)N(C)C(=O)c1cc(Br)cc(Br)c1. The lowest BCUT2D eigenvalue weighted by atomic mass is 10.1. The summed E-state index contributed by atoms with van der Waals surface area (Å²) in [5.74, 6) is -0.0252. The number of nitrogens with zero attached hydrogens (tertiary/aromatic N) is 2. The van der Waals surface area contributed by atoms with E-state index in [-0.39, 0.29) is 17.8 Å². The summed E-state index contributed by atoms with van der Waals surface area (Å²) in [7, 11) is 1.69. The van der Waals surface area contributed by atoms with Crippen molar-refractivity contribution in [2.45, 2.75) is 19.4 Å². The molecule has 1 atom stereocenters. The second kappa shape index (κ2) is 6.91. The fourth-order valence-electron chi connectivity index (χ4n) is 1.56. The molecule has 0 aliphatic rings. The number of hydrogen-bond donors (Lipinski definition) is 2. The molecule has 0 saturated carbocycles. The molecule has 0 radical (unpaired) electrons. The summed E-state index contributed by atoms with van der Waals surface area (Å²) in [6, 6.07) is 5.19. The summed E-state index contributed by atoms with van der Waals surface area (Å²) in [4.78, 5) is 13.9. The molecule has 0 aliphatic heterocycles. The van der Waals surface area contributed by atoms with Crippen molar-refractivity contribution in [2.75, 3.05) is 7.05 Å². The average molecular weight is 393 g/mol. The normalized spacial score (nSPS) is 13.2. The van der Waals surface area contributed by atoms with Crippen molar-refractivity contribution in [1.82, 2.24) is 4.90 Å². The molecule has 0 aliphatic carbocycles. The molecule has 19 heavy (non-hydrogen) atoms. The summed E-state index contributed by atoms with van der Waals surface area (Å²) in [6.45, 7) is 1.84. The van der Waals surface area contributed by atoms with Crippen LogP contribution in [0.5, 0.6) is 0 Å². The average Bonchev–Trinajstić information content (AvgIpc) is 2.35. The van der Waals surface area contributed by atoms with Gasteiger partial charge in [-0.15, -0.1) is 0 Å². The molecular formula is C12H15Br2N3O2. The molecule has 0 bridgehead atoms. The number of oxime groups is 1. The Morgan fingerprint density at radius 1 is 1.42 bits per heavy atom. The molecule has 104 valence electrons. The van der Waals surface area contributed by atoms with Crippen molar-refractivity contribution in [2.24, 2.45) is 10.9 Å². The second-order valence-corrected chi connectivity index (χ2v) is 6.05. The number of carbonyl (C=O) groups is 1. The molecular weight excluding hydrogens is 378 g/mol. The molecule has 0 saturated heterocycles. The van der Waals surface area contributed by atoms with Gasteiger partial charge in [-0.3, -0.25) is 4.79 Å². The summed E-state index contributed by atoms with van der Waals surface area (Å²) >= 11 is 6.69. The lowest BCUT2D eigenvalue weighted by molar-refractivity contribution is 0.0747. The maximum atomic E-state index is 12.3. The van der Waals surface area contributed by atoms with Gasteiger partial charge in [0.25, 0.3) is 5.91 Å². The standard InChI is InChI=1S/C12H15Br2N3O2/c1-7(3-11(15)16-19)17(2)12(18)8-4-9(13)6-10(14)5-8/h4-7,19H,3H2,1-2H3,(H2,15,16). The Labute approximate surface area is 128 Å². The van der Waals surface area contributed by atoms with Crippen LogP contribution in [-0.4, -0.2) is 34.9 Å². The zero-order valence-corrected chi connectivity index (χ0v) is 13.8. The highest BCUT2D eigenvalue weighted by Gasteiger charge is 2.19. The fourth-order valence-corrected chi connectivity index (χ4v) is 2.86. The van der Waals surface area contributed by atoms with Gasteiger partial charge in [0.15, 0.2) is 0 Å². The third-order valence-corrected chi connectivity index (χ3v) is 3.64. The largest absolute Gasteiger partial charge is 0.409 e. The van der Waals surface area contributed by atoms with Crippen LogP contribution in [0.2, 0.25) is 0 Å². The molecule has 0 spiro atoms. The number of amidine groups is 1. The van der Waals surface area contributed by atoms with Gasteiger partial charge in [0, 0.05) is 34.0 Å². The number of halogens is 2. The number of amides is 1. The van der Waals surface area contributed by atoms with Gasteiger partial charge in [-0.1, -0.05) is 37.0 Å². The predicted molar refractivity (Wildman–Crippen MR) is 81.4 cm³/mol. The molecule has 0 heterocycles. The first-order valence-electron chi connectivity index (χ1n) is 5.54. The number of nitrogens with two attached hydrogens (primary N) is 1. The minimum absolute atomic E-state index is 0.0996. The summed E-state index contributed by atoms with van der Waals surface area (Å²) < 4.78 is 1.64. The third kappa shape index (κ3) is 4.50. The lowest BCUT2D eigenvalue weighted by Gasteiger charge is -2.24. The van der Waals surface area contributed by atoms with Crippen molar-refractivity contribution in [3.63, 3.8) is 0 Å². The highest BCUT2D eigenvalue weighted by atomic mass is 79.9. The van der Waals surface area contributed by atoms with Gasteiger partial charge in [-0.25, -0.2) is 0 Å². The van der Waals surface area contributed by atoms with Gasteiger partial charge >= 0.3 is 0 Å². The Kier molecular flexibility index (Phi) is 5.81. The van der Waals surface area contributed by atoms with Crippen LogP contribution >= 0.6 is 31.9 Å². The summed E-state index contributed by atoms with van der Waals surface area (Å²) in [5, 5.41) is 11.5. The fraction of sp³-hybridized carbons (Fsp3) is 0.333. The van der Waals surface area contributed by atoms with Crippen molar-refractivity contribution in [3.05, 3.63) is 32.7 Å². The van der Waals surface area contributed by atoms with E-state index in [1.54, 1.807) is 24.1 Å². The van der Waals surface area contributed by atoms with Crippen LogP contribution in [0.3, 0.4) is 0 Å². The van der Waals surface area contributed by atoms with Crippen LogP contribution in [0.15, 0.2) is 32.3 Å². The number of carbonyl (C=O) groups excluding carboxylic acids is 1. The number of rotatable bonds is 4. The minimum Gasteiger partial charge on any atom is -0.409 e. The van der Waals surface area contributed by atoms with E-state index in [0.717, 1.165) is 8.95 Å². The molecule has 0 aromatic heterocycles. The van der Waals surface area contributed by atoms with E-state index in [4.69, 9.17) is 10.9 Å². The van der Waals surface area contributed by atoms with Crippen molar-refractivity contribution in [1.29, 1.82) is 0 Å². The van der Waals surface area contributed by atoms with Crippen LogP contribution in [0.25, 0.3) is 0 Å². The molecule has 1 amide bonds. The molecule has 0 fully saturated rings. The van der Waals surface area contributed by atoms with Crippen molar-refractivity contribution < 1.29 is 10.0 Å². The smallest absolute Gasteiger partial charge is 0.253 e. The van der Waals surface area contributed by atoms with Gasteiger partial charge < -0.3 is 15.8 Å². The highest BCUT2D eigenvalue weighted by Crippen LogP contribution is 2.21. The van der Waals surface area contributed by atoms with Crippen molar-refractivity contribution in [3.8, 4) is 0 Å². The number of hydrogen-bond acceptors (Lipinski definition) is 3. The van der Waals surface area contributed by atoms with Gasteiger partial charge in [0.2, 0.25) is 0 Å². The van der Waals surface area contributed by atoms with Crippen LogP contribution in [0.4, 0.5) is 0 Å². The lowest BCUT2D eigenvalue weighted by Crippen LogP contribution is -2.37. The molecule has 1 aromatic carbocycles. The molecule has 1 rings (SSSR count). The zero-order chi connectivity index (χ0) is 14.6. The van der Waals surface area contributed by atoms with E-state index < -0.39 is 0 Å². The Balaban J connectivity index is 2.87. The molecule has 3 N–H and O–H groups in total. The van der Waals surface area contributed by atoms with Crippen LogP contribution in [0, 0.1) is 0 Å². The van der Waals surface area contributed by atoms with Gasteiger partial charge in [0.05, 0.1) is 0 Å². The molecule has 5 nitrogen and oxygen atoms in total. The maximum Gasteiger partial charge on any atom is 0.253 e. The molecule has 7 heteroatoms. The summed E-state index contributed by atoms with van der Waals surface area (Å²) in [5.41, 5.74) is 6.01. The Morgan fingerprint density at radius 3 is 2.42 bits per heavy atom. The Hall–Kier alpha value is -1.08. The summed E-state index contributed by atoms with van der Waals surface area (Å²) in [6.07, 6.45) is 0.313. The van der Waals surface area contributed by atoms with E-state index in [1.807, 2.05) is 13.0 Å². The van der Waals surface area contributed by atoms with E-state index in [0.29, 0.717) is 12.0 Å². The van der Waals surface area contributed by atoms with E-state index in [1.165, 1.54) is 0 Å². The first-order valence-corrected chi connectivity index (χ1v) is 7.13. The van der Waals surface area contributed by atoms with Gasteiger partial charge in [-0.2, -0.15) is 0 Å². The molecule has 1 aromatic rings. The minimum atomic E-state index is -0.166. The zero-order valence-electron chi connectivity index (χ0n) is 10.6. The third-order valence-electron chi connectivity index (χ3n) is 2.72. The molecule has 1 unspecified atom stereocenters. The van der Waals surface area contributed by atoms with Gasteiger partial charge in [0.1, 0.15) is 5.84 Å². The van der Waals surface area contributed by atoms with E-state index in [9.17, 15) is 4.79 Å². The topological polar surface area (TPSA) is 78.9 Å². The van der Waals surface area contributed by atoms with Gasteiger partial charge in [-0.05, 0) is 25.1 Å². The predicted octanol–water partition coefficient (Wildman–Crippen LogP) is 2.81. The first kappa shape index (κ1) is 16.0. The van der Waals surface area contributed by atoms with E-state index in [2.05, 4.69) is 37.0 Å². The Bertz CT molecular complexity index is 485. The highest BCUT2D eigenvalue weighted by molar-refractivity contribution is 9.11. The second-order valence-electron chi connectivity index (χ2n) is 4.22. The monoisotopic (exact) mass is 391 g/mol. The number of benzene rings is 1. The van der Waals surface area contributed by atoms with E-state index >= 15 is 0 Å². The quantitative estimate of drug-likeness (QED) is 0.358. The Morgan fingerprint density at radius 2 is 1.95 bits per heavy atom.